The molecule has 0 radical (unpaired) electrons. The quantitative estimate of drug-likeness (QED) is 0.0997. The van der Waals surface area contributed by atoms with Gasteiger partial charge >= 0.3 is 0 Å². The highest BCUT2D eigenvalue weighted by molar-refractivity contribution is 8.74. The highest BCUT2D eigenvalue weighted by Crippen LogP contribution is 2.51. The van der Waals surface area contributed by atoms with E-state index in [0.29, 0.717) is 5.16 Å². The van der Waals surface area contributed by atoms with Gasteiger partial charge in [0.05, 0.1) is 6.54 Å². The molecule has 2 aromatic carbocycles. The van der Waals surface area contributed by atoms with E-state index in [1.807, 2.05) is 13.8 Å². The van der Waals surface area contributed by atoms with Gasteiger partial charge in [0, 0.05) is 34.1 Å². The van der Waals surface area contributed by atoms with E-state index < -0.39 is 34.5 Å². The van der Waals surface area contributed by atoms with Crippen molar-refractivity contribution in [3.8, 4) is 0 Å². The van der Waals surface area contributed by atoms with Gasteiger partial charge in [-0.25, -0.2) is 27.2 Å². The van der Waals surface area contributed by atoms with Crippen LogP contribution in [-0.2, 0) is 17.7 Å². The van der Waals surface area contributed by atoms with Gasteiger partial charge in [-0.3, -0.25) is 0 Å². The van der Waals surface area contributed by atoms with Gasteiger partial charge in [0.25, 0.3) is 0 Å². The highest BCUT2D eigenvalue weighted by atomic mass is 33.1. The Morgan fingerprint density at radius 3 is 2.00 bits per heavy atom. The number of halogens is 4. The smallest absolute Gasteiger partial charge is 0.231 e. The van der Waals surface area contributed by atoms with E-state index in [2.05, 4.69) is 20.2 Å². The van der Waals surface area contributed by atoms with Crippen LogP contribution in [0.4, 0.5) is 17.6 Å². The van der Waals surface area contributed by atoms with Crippen LogP contribution in [0.15, 0.2) is 58.0 Å². The minimum atomic E-state index is -1.71. The molecule has 0 saturated heterocycles. The molecule has 1 aliphatic heterocycles. The van der Waals surface area contributed by atoms with Crippen LogP contribution < -0.4 is 0 Å². The molecule has 0 spiro atoms. The van der Waals surface area contributed by atoms with Crippen LogP contribution in [0, 0.1) is 46.9 Å². The lowest BCUT2D eigenvalue weighted by Crippen LogP contribution is -2.50. The Balaban J connectivity index is 1.27. The number of aliphatic imine (C=N–C) groups is 1. The summed E-state index contributed by atoms with van der Waals surface area (Å²) in [5.41, 5.74) is -3.45. The van der Waals surface area contributed by atoms with Crippen molar-refractivity contribution in [2.45, 2.75) is 62.4 Å². The summed E-state index contributed by atoms with van der Waals surface area (Å²) in [6.07, 6.45) is 7.76. The molecule has 234 valence electrons. The van der Waals surface area contributed by atoms with Crippen molar-refractivity contribution in [1.29, 1.82) is 0 Å². The van der Waals surface area contributed by atoms with Gasteiger partial charge in [-0.15, -0.1) is 0 Å². The first kappa shape index (κ1) is 31.2. The molecule has 2 N–H and O–H groups in total. The Hall–Kier alpha value is -2.78. The Morgan fingerprint density at radius 2 is 1.48 bits per heavy atom. The predicted molar refractivity (Wildman–Crippen MR) is 160 cm³/mol. The number of quaternary nitrogens is 1. The average molecular weight is 650 g/mol. The molecule has 5 atom stereocenters. The lowest BCUT2D eigenvalue weighted by atomic mass is 9.79. The number of aromatic nitrogens is 3. The first-order valence-electron chi connectivity index (χ1n) is 14.5. The Labute approximate surface area is 260 Å². The third kappa shape index (κ3) is 6.06. The number of hydrogen-bond acceptors (Lipinski definition) is 8. The second-order valence-corrected chi connectivity index (χ2v) is 14.4. The van der Waals surface area contributed by atoms with Gasteiger partial charge in [-0.1, -0.05) is 35.1 Å². The molecule has 5 unspecified atom stereocenters. The summed E-state index contributed by atoms with van der Waals surface area (Å²) in [6.45, 7) is 3.46. The summed E-state index contributed by atoms with van der Waals surface area (Å²) < 4.78 is 58.9. The third-order valence-electron chi connectivity index (χ3n) is 9.20. The standard InChI is InChI=1S/C30H33F4N6O2S2/c1-18(20-3-4-20)29(41,24-9-7-22(31)11-26(24)33)13-39-28(36-16-37-39)43-44-40(17-35-15-38-40)14-30(42,19(2)21-5-6-21)25-10-8-23(32)12-27(25)34/h7-12,15-21,41-42H,3-6,13-14H2,1-2H3/q+1. The lowest BCUT2D eigenvalue weighted by molar-refractivity contribution is -0.706. The normalized spacial score (nSPS) is 23.8. The zero-order valence-corrected chi connectivity index (χ0v) is 25.8. The summed E-state index contributed by atoms with van der Waals surface area (Å²) in [6, 6.07) is 6.34. The van der Waals surface area contributed by atoms with Crippen molar-refractivity contribution in [3.05, 3.63) is 77.1 Å². The molecular weight excluding hydrogens is 616 g/mol. The summed E-state index contributed by atoms with van der Waals surface area (Å²) in [5, 5.41) is 33.3. The van der Waals surface area contributed by atoms with E-state index >= 15 is 8.78 Å². The van der Waals surface area contributed by atoms with Crippen LogP contribution in [0.1, 0.15) is 50.7 Å². The minimum Gasteiger partial charge on any atom is -0.383 e. The van der Waals surface area contributed by atoms with E-state index in [-0.39, 0.29) is 51.9 Å². The van der Waals surface area contributed by atoms with Gasteiger partial charge in [0.2, 0.25) is 11.5 Å². The summed E-state index contributed by atoms with van der Waals surface area (Å²) >= 11 is 0. The number of nitrogens with zero attached hydrogens (tertiary/aromatic N) is 6. The molecule has 44 heavy (non-hydrogen) atoms. The molecule has 8 nitrogen and oxygen atoms in total. The Kier molecular flexibility index (Phi) is 8.41. The third-order valence-corrected chi connectivity index (χ3v) is 11.8. The molecule has 6 rings (SSSR count). The van der Waals surface area contributed by atoms with E-state index in [1.54, 1.807) is 0 Å². The van der Waals surface area contributed by atoms with Crippen molar-refractivity contribution in [3.63, 3.8) is 0 Å². The van der Waals surface area contributed by atoms with Crippen LogP contribution in [-0.4, -0.2) is 48.2 Å². The van der Waals surface area contributed by atoms with E-state index in [1.165, 1.54) is 35.8 Å². The molecule has 2 saturated carbocycles. The number of benzene rings is 2. The molecule has 1 aromatic heterocycles. The molecule has 3 aromatic rings. The largest absolute Gasteiger partial charge is 0.383 e. The monoisotopic (exact) mass is 649 g/mol. The minimum absolute atomic E-state index is 0.0134. The topological polar surface area (TPSA) is 95.9 Å². The molecule has 0 amide bonds. The predicted octanol–water partition coefficient (Wildman–Crippen LogP) is 6.16. The number of rotatable bonds is 13. The molecule has 2 fully saturated rings. The fourth-order valence-corrected chi connectivity index (χ4v) is 8.40. The molecular formula is C30H33F4N6O2S2+. The lowest BCUT2D eigenvalue weighted by Gasteiger charge is -2.37. The Bertz CT molecular complexity index is 1590. The number of aliphatic hydroxyl groups is 2. The first-order chi connectivity index (χ1) is 20.9. The molecule has 0 bridgehead atoms. The fraction of sp³-hybridized carbons (Fsp3) is 0.467. The van der Waals surface area contributed by atoms with Gasteiger partial charge in [-0.05, 0) is 61.5 Å². The van der Waals surface area contributed by atoms with Crippen LogP contribution in [0.25, 0.3) is 0 Å². The molecule has 2 heterocycles. The summed E-state index contributed by atoms with van der Waals surface area (Å²) in [4.78, 5) is 8.51. The Morgan fingerprint density at radius 1 is 0.909 bits per heavy atom. The maximum atomic E-state index is 15.1. The van der Waals surface area contributed by atoms with Crippen molar-refractivity contribution < 1.29 is 31.8 Å². The van der Waals surface area contributed by atoms with Crippen molar-refractivity contribution in [2.75, 3.05) is 6.54 Å². The summed E-state index contributed by atoms with van der Waals surface area (Å²) in [7, 11) is 2.31. The van der Waals surface area contributed by atoms with E-state index in [0.717, 1.165) is 71.7 Å². The van der Waals surface area contributed by atoms with Crippen LogP contribution >= 0.6 is 21.8 Å². The van der Waals surface area contributed by atoms with Crippen LogP contribution in [0.3, 0.4) is 0 Å². The molecule has 14 heteroatoms. The second-order valence-electron chi connectivity index (χ2n) is 12.1. The van der Waals surface area contributed by atoms with Gasteiger partial charge in [-0.2, -0.15) is 10.1 Å². The summed E-state index contributed by atoms with van der Waals surface area (Å²) in [5.74, 6) is -3.51. The zero-order chi connectivity index (χ0) is 31.3. The second kappa shape index (κ2) is 11.9. The average Bonchev–Trinajstić information content (AvgIpc) is 3.91. The van der Waals surface area contributed by atoms with E-state index in [4.69, 9.17) is 0 Å². The highest BCUT2D eigenvalue weighted by Gasteiger charge is 2.53. The SMILES string of the molecule is CC(C1CC1)C(O)(Cn1ncnc1SS[N+]1(CC(O)(c2ccc(F)cc2F)C(C)C2CC2)C=NC=N1)c1ccc(F)cc1F. The van der Waals surface area contributed by atoms with Gasteiger partial charge < -0.3 is 10.2 Å². The first-order valence-corrected chi connectivity index (χ1v) is 16.6. The maximum Gasteiger partial charge on any atom is 0.231 e. The van der Waals surface area contributed by atoms with E-state index in [9.17, 15) is 19.0 Å². The molecule has 3 aliphatic rings. The van der Waals surface area contributed by atoms with Crippen LogP contribution in [0.2, 0.25) is 0 Å². The van der Waals surface area contributed by atoms with Gasteiger partial charge in [0.15, 0.2) is 23.9 Å². The van der Waals surface area contributed by atoms with Crippen molar-refractivity contribution in [1.82, 2.24) is 14.8 Å². The van der Waals surface area contributed by atoms with Crippen molar-refractivity contribution in [2.24, 2.45) is 33.8 Å². The maximum absolute atomic E-state index is 15.1. The zero-order valence-electron chi connectivity index (χ0n) is 24.2. The van der Waals surface area contributed by atoms with Gasteiger partial charge in [0.1, 0.15) is 40.8 Å². The molecule has 2 aliphatic carbocycles. The van der Waals surface area contributed by atoms with Crippen molar-refractivity contribution >= 4 is 34.5 Å². The fourth-order valence-electron chi connectivity index (χ4n) is 6.13. The van der Waals surface area contributed by atoms with Crippen LogP contribution in [0.5, 0.6) is 0 Å². The number of hydrogen-bond donors (Lipinski definition) is 2.